The molecule has 0 bridgehead atoms. The average molecular weight is 409 g/mol. The maximum Gasteiger partial charge on any atom is 0.254 e. The van der Waals surface area contributed by atoms with E-state index in [1.54, 1.807) is 17.0 Å². The molecule has 25 heavy (non-hydrogen) atoms. The number of amides is 2. The summed E-state index contributed by atoms with van der Waals surface area (Å²) >= 11 is 3.38. The van der Waals surface area contributed by atoms with Crippen LogP contribution in [0.2, 0.25) is 0 Å². The molecular formula is C20H29BrN2O2. The number of halogens is 1. The predicted molar refractivity (Wildman–Crippen MR) is 104 cm³/mol. The van der Waals surface area contributed by atoms with Gasteiger partial charge in [-0.1, -0.05) is 42.6 Å². The average Bonchev–Trinajstić information content (AvgIpc) is 3.04. The normalized spacial score (nSPS) is 18.4. The second-order valence-electron chi connectivity index (χ2n) is 7.40. The molecule has 1 fully saturated rings. The molecule has 4 nitrogen and oxygen atoms in total. The molecule has 1 aromatic carbocycles. The summed E-state index contributed by atoms with van der Waals surface area (Å²) in [5, 5.41) is 3.10. The van der Waals surface area contributed by atoms with E-state index in [1.807, 2.05) is 19.1 Å². The van der Waals surface area contributed by atoms with Crippen LogP contribution in [-0.2, 0) is 4.79 Å². The highest BCUT2D eigenvalue weighted by Gasteiger charge is 2.34. The first kappa shape index (κ1) is 20.0. The third kappa shape index (κ3) is 5.84. The molecule has 0 saturated carbocycles. The Hall–Kier alpha value is -1.36. The minimum Gasteiger partial charge on any atom is -0.352 e. The number of benzene rings is 1. The van der Waals surface area contributed by atoms with Gasteiger partial charge in [0.2, 0.25) is 5.91 Å². The van der Waals surface area contributed by atoms with Gasteiger partial charge in [0, 0.05) is 22.6 Å². The lowest BCUT2D eigenvalue weighted by molar-refractivity contribution is -0.125. The highest BCUT2D eigenvalue weighted by atomic mass is 79.9. The van der Waals surface area contributed by atoms with Crippen LogP contribution in [0.25, 0.3) is 0 Å². The Kier molecular flexibility index (Phi) is 7.48. The fraction of sp³-hybridized carbons (Fsp3) is 0.600. The fourth-order valence-electron chi connectivity index (χ4n) is 3.28. The van der Waals surface area contributed by atoms with Gasteiger partial charge >= 0.3 is 0 Å². The molecule has 2 amide bonds. The van der Waals surface area contributed by atoms with Gasteiger partial charge in [0.25, 0.3) is 5.91 Å². The first-order valence-corrected chi connectivity index (χ1v) is 10.0. The monoisotopic (exact) mass is 408 g/mol. The van der Waals surface area contributed by atoms with Crippen molar-refractivity contribution in [3.63, 3.8) is 0 Å². The Morgan fingerprint density at radius 1 is 1.20 bits per heavy atom. The highest BCUT2D eigenvalue weighted by Crippen LogP contribution is 2.22. The number of nitrogens with zero attached hydrogens (tertiary/aromatic N) is 1. The number of nitrogens with one attached hydrogen (secondary N) is 1. The molecule has 1 N–H and O–H groups in total. The molecule has 0 spiro atoms. The van der Waals surface area contributed by atoms with Crippen LogP contribution in [0.4, 0.5) is 0 Å². The summed E-state index contributed by atoms with van der Waals surface area (Å²) in [4.78, 5) is 27.1. The van der Waals surface area contributed by atoms with Crippen molar-refractivity contribution >= 4 is 27.7 Å². The first-order valence-electron chi connectivity index (χ1n) is 9.25. The third-order valence-corrected chi connectivity index (χ3v) is 5.24. The molecule has 2 unspecified atom stereocenters. The summed E-state index contributed by atoms with van der Waals surface area (Å²) < 4.78 is 0.940. The Morgan fingerprint density at radius 3 is 2.52 bits per heavy atom. The lowest BCUT2D eigenvalue weighted by Gasteiger charge is -2.25. The van der Waals surface area contributed by atoms with Crippen LogP contribution >= 0.6 is 15.9 Å². The molecule has 1 heterocycles. The minimum atomic E-state index is -0.344. The number of carbonyl (C=O) groups excluding carboxylic acids is 2. The Labute approximate surface area is 159 Å². The van der Waals surface area contributed by atoms with E-state index in [-0.39, 0.29) is 23.9 Å². The van der Waals surface area contributed by atoms with Crippen molar-refractivity contribution in [2.24, 2.45) is 5.92 Å². The number of carbonyl (C=O) groups is 2. The van der Waals surface area contributed by atoms with Crippen LogP contribution in [0.1, 0.15) is 63.2 Å². The van der Waals surface area contributed by atoms with E-state index in [9.17, 15) is 9.59 Å². The number of hydrogen-bond acceptors (Lipinski definition) is 2. The Balaban J connectivity index is 1.92. The van der Waals surface area contributed by atoms with Crippen molar-refractivity contribution in [1.29, 1.82) is 0 Å². The Bertz CT molecular complexity index is 586. The summed E-state index contributed by atoms with van der Waals surface area (Å²) in [7, 11) is 0. The summed E-state index contributed by atoms with van der Waals surface area (Å²) in [5.41, 5.74) is 0.632. The van der Waals surface area contributed by atoms with Crippen LogP contribution in [0, 0.1) is 5.92 Å². The zero-order valence-corrected chi connectivity index (χ0v) is 17.0. The highest BCUT2D eigenvalue weighted by molar-refractivity contribution is 9.10. The largest absolute Gasteiger partial charge is 0.352 e. The van der Waals surface area contributed by atoms with Gasteiger partial charge in [0.1, 0.15) is 6.04 Å². The van der Waals surface area contributed by atoms with Crippen molar-refractivity contribution in [3.8, 4) is 0 Å². The molecule has 1 aliphatic rings. The maximum atomic E-state index is 12.7. The Morgan fingerprint density at radius 2 is 1.88 bits per heavy atom. The molecular weight excluding hydrogens is 380 g/mol. The zero-order chi connectivity index (χ0) is 18.4. The van der Waals surface area contributed by atoms with E-state index in [1.165, 1.54) is 6.42 Å². The standard InChI is InChI=1S/C20H29BrN2O2/c1-14(2)6-4-7-15(3)22-19(24)18-8-5-13-23(18)20(25)16-9-11-17(21)12-10-16/h9-12,14-15,18H,4-8,13H2,1-3H3,(H,22,24). The predicted octanol–water partition coefficient (Wildman–Crippen LogP) is 4.38. The van der Waals surface area contributed by atoms with Gasteiger partial charge in [-0.3, -0.25) is 9.59 Å². The van der Waals surface area contributed by atoms with E-state index in [4.69, 9.17) is 0 Å². The molecule has 0 aliphatic carbocycles. The molecule has 5 heteroatoms. The molecule has 1 aromatic rings. The van der Waals surface area contributed by atoms with E-state index >= 15 is 0 Å². The second-order valence-corrected chi connectivity index (χ2v) is 8.31. The summed E-state index contributed by atoms with van der Waals surface area (Å²) in [6.45, 7) is 7.13. The van der Waals surface area contributed by atoms with E-state index in [0.29, 0.717) is 18.0 Å². The van der Waals surface area contributed by atoms with E-state index in [0.717, 1.165) is 30.2 Å². The van der Waals surface area contributed by atoms with Crippen molar-refractivity contribution in [1.82, 2.24) is 10.2 Å². The van der Waals surface area contributed by atoms with Crippen LogP contribution in [0.15, 0.2) is 28.7 Å². The molecule has 0 aromatic heterocycles. The van der Waals surface area contributed by atoms with Crippen LogP contribution < -0.4 is 5.32 Å². The minimum absolute atomic E-state index is 0.0139. The molecule has 2 atom stereocenters. The van der Waals surface area contributed by atoms with Gasteiger partial charge in [-0.15, -0.1) is 0 Å². The van der Waals surface area contributed by atoms with Crippen molar-refractivity contribution in [3.05, 3.63) is 34.3 Å². The van der Waals surface area contributed by atoms with Gasteiger partial charge < -0.3 is 10.2 Å². The molecule has 0 radical (unpaired) electrons. The van der Waals surface area contributed by atoms with Crippen molar-refractivity contribution < 1.29 is 9.59 Å². The topological polar surface area (TPSA) is 49.4 Å². The molecule has 138 valence electrons. The summed E-state index contributed by atoms with van der Waals surface area (Å²) in [6, 6.07) is 7.12. The maximum absolute atomic E-state index is 12.7. The molecule has 1 aliphatic heterocycles. The van der Waals surface area contributed by atoms with E-state index < -0.39 is 0 Å². The fourth-order valence-corrected chi connectivity index (χ4v) is 3.55. The van der Waals surface area contributed by atoms with Gasteiger partial charge in [0.15, 0.2) is 0 Å². The number of rotatable bonds is 7. The number of hydrogen-bond donors (Lipinski definition) is 1. The lowest BCUT2D eigenvalue weighted by atomic mass is 10.0. The molecule has 2 rings (SSSR count). The number of likely N-dealkylation sites (tertiary alicyclic amines) is 1. The third-order valence-electron chi connectivity index (χ3n) is 4.71. The van der Waals surface area contributed by atoms with Gasteiger partial charge in [-0.25, -0.2) is 0 Å². The van der Waals surface area contributed by atoms with Crippen LogP contribution in [0.5, 0.6) is 0 Å². The SMILES string of the molecule is CC(C)CCCC(C)NC(=O)C1CCCN1C(=O)c1ccc(Br)cc1. The van der Waals surface area contributed by atoms with E-state index in [2.05, 4.69) is 35.1 Å². The first-order chi connectivity index (χ1) is 11.9. The van der Waals surface area contributed by atoms with Crippen molar-refractivity contribution in [2.45, 2.75) is 65.0 Å². The molecule has 1 saturated heterocycles. The van der Waals surface area contributed by atoms with Gasteiger partial charge in [-0.2, -0.15) is 0 Å². The zero-order valence-electron chi connectivity index (χ0n) is 15.4. The van der Waals surface area contributed by atoms with Crippen LogP contribution in [0.3, 0.4) is 0 Å². The second kappa shape index (κ2) is 9.37. The summed E-state index contributed by atoms with van der Waals surface area (Å²) in [6.07, 6.45) is 4.90. The van der Waals surface area contributed by atoms with Gasteiger partial charge in [0.05, 0.1) is 0 Å². The summed E-state index contributed by atoms with van der Waals surface area (Å²) in [5.74, 6) is 0.620. The lowest BCUT2D eigenvalue weighted by Crippen LogP contribution is -2.48. The quantitative estimate of drug-likeness (QED) is 0.727. The van der Waals surface area contributed by atoms with Crippen LogP contribution in [-0.4, -0.2) is 35.3 Å². The van der Waals surface area contributed by atoms with Crippen molar-refractivity contribution in [2.75, 3.05) is 6.54 Å². The smallest absolute Gasteiger partial charge is 0.254 e. The van der Waals surface area contributed by atoms with Gasteiger partial charge in [-0.05, 0) is 56.4 Å².